The summed E-state index contributed by atoms with van der Waals surface area (Å²) >= 11 is 0. The minimum Gasteiger partial charge on any atom is -0.497 e. The van der Waals surface area contributed by atoms with Crippen LogP contribution >= 0.6 is 12.4 Å². The van der Waals surface area contributed by atoms with Crippen LogP contribution in [0.4, 0.5) is 4.39 Å². The Kier molecular flexibility index (Phi) is 7.73. The zero-order valence-corrected chi connectivity index (χ0v) is 16.2. The Balaban J connectivity index is 0.00000243. The third-order valence-electron chi connectivity index (χ3n) is 5.09. The standard InChI is InChI=1S/C21H26FNO2.ClH/c1-3-23-13-12-21(16-4-6-18(22)7-5-16)17(14-23)15-25-20-10-8-19(24-2)9-11-20;/h4-11,17,21H,3,12-15H2,1-2H3;1H/t17-,21-;/m0./s1. The van der Waals surface area contributed by atoms with Gasteiger partial charge in [0.15, 0.2) is 0 Å². The maximum absolute atomic E-state index is 13.3. The van der Waals surface area contributed by atoms with Crippen molar-refractivity contribution in [1.82, 2.24) is 4.90 Å². The van der Waals surface area contributed by atoms with Crippen LogP contribution in [0, 0.1) is 11.7 Å². The Hall–Kier alpha value is -1.78. The fraction of sp³-hybridized carbons (Fsp3) is 0.429. The van der Waals surface area contributed by atoms with Crippen LogP contribution in [0.15, 0.2) is 48.5 Å². The molecule has 0 radical (unpaired) electrons. The van der Waals surface area contributed by atoms with Crippen molar-refractivity contribution in [3.05, 3.63) is 59.9 Å². The molecule has 26 heavy (non-hydrogen) atoms. The highest BCUT2D eigenvalue weighted by molar-refractivity contribution is 5.85. The van der Waals surface area contributed by atoms with Gasteiger partial charge in [0, 0.05) is 12.5 Å². The average Bonchev–Trinajstić information content (AvgIpc) is 2.67. The first kappa shape index (κ1) is 20.5. The average molecular weight is 380 g/mol. The smallest absolute Gasteiger partial charge is 0.123 e. The van der Waals surface area contributed by atoms with Gasteiger partial charge in [-0.25, -0.2) is 4.39 Å². The SMILES string of the molecule is CCN1CC[C@@H](c2ccc(F)cc2)[C@H](COc2ccc(OC)cc2)C1.Cl. The van der Waals surface area contributed by atoms with Crippen LogP contribution in [0.5, 0.6) is 11.5 Å². The van der Waals surface area contributed by atoms with Crippen molar-refractivity contribution in [1.29, 1.82) is 0 Å². The molecule has 1 aliphatic rings. The number of likely N-dealkylation sites (tertiary alicyclic amines) is 1. The lowest BCUT2D eigenvalue weighted by Gasteiger charge is -2.38. The molecular weight excluding hydrogens is 353 g/mol. The van der Waals surface area contributed by atoms with Crippen LogP contribution in [0.2, 0.25) is 0 Å². The molecule has 5 heteroatoms. The van der Waals surface area contributed by atoms with Gasteiger partial charge in [-0.05, 0) is 67.4 Å². The number of rotatable bonds is 6. The highest BCUT2D eigenvalue weighted by Gasteiger charge is 2.30. The molecule has 1 fully saturated rings. The maximum atomic E-state index is 13.3. The molecule has 0 saturated carbocycles. The van der Waals surface area contributed by atoms with E-state index in [1.165, 1.54) is 5.56 Å². The van der Waals surface area contributed by atoms with Gasteiger partial charge >= 0.3 is 0 Å². The third-order valence-corrected chi connectivity index (χ3v) is 5.09. The molecule has 142 valence electrons. The van der Waals surface area contributed by atoms with Crippen LogP contribution in [-0.4, -0.2) is 38.3 Å². The summed E-state index contributed by atoms with van der Waals surface area (Å²) in [5, 5.41) is 0. The van der Waals surface area contributed by atoms with Gasteiger partial charge in [-0.15, -0.1) is 12.4 Å². The Morgan fingerprint density at radius 1 is 1.04 bits per heavy atom. The second-order valence-electron chi connectivity index (χ2n) is 6.59. The van der Waals surface area contributed by atoms with Crippen LogP contribution < -0.4 is 9.47 Å². The molecule has 0 aliphatic carbocycles. The molecule has 2 aromatic carbocycles. The van der Waals surface area contributed by atoms with Crippen molar-refractivity contribution in [2.75, 3.05) is 33.4 Å². The van der Waals surface area contributed by atoms with E-state index in [2.05, 4.69) is 11.8 Å². The highest BCUT2D eigenvalue weighted by Crippen LogP contribution is 2.33. The highest BCUT2D eigenvalue weighted by atomic mass is 35.5. The Labute approximate surface area is 161 Å². The quantitative estimate of drug-likeness (QED) is 0.722. The van der Waals surface area contributed by atoms with E-state index in [-0.39, 0.29) is 18.2 Å². The van der Waals surface area contributed by atoms with E-state index >= 15 is 0 Å². The molecule has 3 rings (SSSR count). The number of benzene rings is 2. The molecule has 1 heterocycles. The topological polar surface area (TPSA) is 21.7 Å². The first-order chi connectivity index (χ1) is 12.2. The predicted octanol–water partition coefficient (Wildman–Crippen LogP) is 4.76. The maximum Gasteiger partial charge on any atom is 0.123 e. The number of hydrogen-bond donors (Lipinski definition) is 0. The van der Waals surface area contributed by atoms with Crippen LogP contribution in [0.25, 0.3) is 0 Å². The second kappa shape index (κ2) is 9.79. The van der Waals surface area contributed by atoms with Gasteiger partial charge in [-0.2, -0.15) is 0 Å². The predicted molar refractivity (Wildman–Crippen MR) is 105 cm³/mol. The summed E-state index contributed by atoms with van der Waals surface area (Å²) in [6.07, 6.45) is 1.08. The summed E-state index contributed by atoms with van der Waals surface area (Å²) in [5.74, 6) is 2.29. The van der Waals surface area contributed by atoms with Gasteiger partial charge in [0.25, 0.3) is 0 Å². The van der Waals surface area contributed by atoms with Crippen molar-refractivity contribution in [3.63, 3.8) is 0 Å². The van der Waals surface area contributed by atoms with Crippen molar-refractivity contribution in [2.24, 2.45) is 5.92 Å². The Morgan fingerprint density at radius 2 is 1.69 bits per heavy atom. The van der Waals surface area contributed by atoms with E-state index in [4.69, 9.17) is 9.47 Å². The number of piperidine rings is 1. The molecule has 0 amide bonds. The van der Waals surface area contributed by atoms with Crippen molar-refractivity contribution in [2.45, 2.75) is 19.3 Å². The molecule has 0 aromatic heterocycles. The number of halogens is 2. The summed E-state index contributed by atoms with van der Waals surface area (Å²) in [7, 11) is 1.66. The van der Waals surface area contributed by atoms with Crippen LogP contribution in [0.3, 0.4) is 0 Å². The van der Waals surface area contributed by atoms with Crippen LogP contribution in [0.1, 0.15) is 24.8 Å². The molecule has 0 N–H and O–H groups in total. The number of hydrogen-bond acceptors (Lipinski definition) is 3. The molecular formula is C21H27ClFNO2. The normalized spacial score (nSPS) is 20.3. The fourth-order valence-corrected chi connectivity index (χ4v) is 3.59. The summed E-state index contributed by atoms with van der Waals surface area (Å²) < 4.78 is 24.5. The van der Waals surface area contributed by atoms with Gasteiger partial charge in [-0.3, -0.25) is 0 Å². The molecule has 0 unspecified atom stereocenters. The Bertz CT molecular complexity index is 663. The number of nitrogens with zero attached hydrogens (tertiary/aromatic N) is 1. The minimum atomic E-state index is -0.180. The molecule has 2 aromatic rings. The van der Waals surface area contributed by atoms with Gasteiger partial charge in [0.2, 0.25) is 0 Å². The summed E-state index contributed by atoms with van der Waals surface area (Å²) in [6.45, 7) is 5.99. The van der Waals surface area contributed by atoms with E-state index in [1.54, 1.807) is 19.2 Å². The molecule has 2 atom stereocenters. The van der Waals surface area contributed by atoms with Gasteiger partial charge < -0.3 is 14.4 Å². The van der Waals surface area contributed by atoms with Gasteiger partial charge in [-0.1, -0.05) is 19.1 Å². The lowest BCUT2D eigenvalue weighted by Crippen LogP contribution is -2.41. The number of methoxy groups -OCH3 is 1. The molecule has 1 saturated heterocycles. The largest absolute Gasteiger partial charge is 0.497 e. The molecule has 3 nitrogen and oxygen atoms in total. The lowest BCUT2D eigenvalue weighted by molar-refractivity contribution is 0.115. The first-order valence-corrected chi connectivity index (χ1v) is 8.94. The summed E-state index contributed by atoms with van der Waals surface area (Å²) in [5.41, 5.74) is 1.21. The van der Waals surface area contributed by atoms with E-state index < -0.39 is 0 Å². The number of ether oxygens (including phenoxy) is 2. The van der Waals surface area contributed by atoms with E-state index in [0.717, 1.165) is 37.6 Å². The van der Waals surface area contributed by atoms with E-state index in [0.29, 0.717) is 18.4 Å². The zero-order valence-electron chi connectivity index (χ0n) is 15.4. The lowest BCUT2D eigenvalue weighted by atomic mass is 9.81. The summed E-state index contributed by atoms with van der Waals surface area (Å²) in [4.78, 5) is 2.46. The monoisotopic (exact) mass is 379 g/mol. The fourth-order valence-electron chi connectivity index (χ4n) is 3.59. The Morgan fingerprint density at radius 3 is 2.31 bits per heavy atom. The van der Waals surface area contributed by atoms with E-state index in [1.807, 2.05) is 36.4 Å². The van der Waals surface area contributed by atoms with Gasteiger partial charge in [0.1, 0.15) is 17.3 Å². The van der Waals surface area contributed by atoms with E-state index in [9.17, 15) is 4.39 Å². The summed E-state index contributed by atoms with van der Waals surface area (Å²) in [6, 6.07) is 14.6. The molecule has 0 spiro atoms. The second-order valence-corrected chi connectivity index (χ2v) is 6.59. The third kappa shape index (κ3) is 5.12. The van der Waals surface area contributed by atoms with Gasteiger partial charge in [0.05, 0.1) is 13.7 Å². The van der Waals surface area contributed by atoms with Crippen molar-refractivity contribution < 1.29 is 13.9 Å². The van der Waals surface area contributed by atoms with Crippen molar-refractivity contribution >= 4 is 12.4 Å². The van der Waals surface area contributed by atoms with Crippen molar-refractivity contribution in [3.8, 4) is 11.5 Å². The van der Waals surface area contributed by atoms with Crippen LogP contribution in [-0.2, 0) is 0 Å². The molecule has 0 bridgehead atoms. The minimum absolute atomic E-state index is 0. The first-order valence-electron chi connectivity index (χ1n) is 8.94. The zero-order chi connectivity index (χ0) is 17.6. The molecule has 1 aliphatic heterocycles.